The van der Waals surface area contributed by atoms with Gasteiger partial charge in [-0.05, 0) is 43.5 Å². The molecule has 0 amide bonds. The second kappa shape index (κ2) is 5.32. The van der Waals surface area contributed by atoms with Gasteiger partial charge in [0.1, 0.15) is 0 Å². The summed E-state index contributed by atoms with van der Waals surface area (Å²) in [5.41, 5.74) is 0. The van der Waals surface area contributed by atoms with Crippen molar-refractivity contribution in [2.45, 2.75) is 19.3 Å². The van der Waals surface area contributed by atoms with Crippen molar-refractivity contribution in [2.24, 2.45) is 0 Å². The Hall–Kier alpha value is -0.600. The second-order valence-corrected chi connectivity index (χ2v) is 4.76. The summed E-state index contributed by atoms with van der Waals surface area (Å²) in [6.45, 7) is 3.70. The molecule has 0 saturated carbocycles. The van der Waals surface area contributed by atoms with Gasteiger partial charge in [0.05, 0.1) is 0 Å². The van der Waals surface area contributed by atoms with Crippen molar-refractivity contribution in [3.05, 3.63) is 28.5 Å². The van der Waals surface area contributed by atoms with Crippen LogP contribution in [0.25, 0.3) is 6.08 Å². The van der Waals surface area contributed by atoms with E-state index in [1.807, 2.05) is 0 Å². The van der Waals surface area contributed by atoms with Crippen molar-refractivity contribution in [3.63, 3.8) is 0 Å². The molecule has 2 heterocycles. The van der Waals surface area contributed by atoms with Gasteiger partial charge in [0.25, 0.3) is 0 Å². The van der Waals surface area contributed by atoms with Crippen LogP contribution in [-0.2, 0) is 0 Å². The van der Waals surface area contributed by atoms with Crippen molar-refractivity contribution in [1.82, 2.24) is 4.90 Å². The molecule has 0 bridgehead atoms. The third-order valence-electron chi connectivity index (χ3n) is 2.64. The van der Waals surface area contributed by atoms with Gasteiger partial charge in [0.2, 0.25) is 0 Å². The third kappa shape index (κ3) is 2.96. The summed E-state index contributed by atoms with van der Waals surface area (Å²) in [7, 11) is 0. The number of likely N-dealkylation sites (tertiary alicyclic amines) is 1. The van der Waals surface area contributed by atoms with Crippen LogP contribution >= 0.6 is 11.3 Å². The molecule has 1 aliphatic heterocycles. The van der Waals surface area contributed by atoms with Crippen LogP contribution in [0.3, 0.4) is 0 Å². The van der Waals surface area contributed by atoms with Crippen LogP contribution in [0.2, 0.25) is 0 Å². The number of hydrogen-bond acceptors (Lipinski definition) is 2. The van der Waals surface area contributed by atoms with E-state index in [0.29, 0.717) is 0 Å². The van der Waals surface area contributed by atoms with E-state index in [2.05, 4.69) is 34.6 Å². The molecule has 0 N–H and O–H groups in total. The maximum Gasteiger partial charge on any atom is 0.0267 e. The molecule has 2 rings (SSSR count). The summed E-state index contributed by atoms with van der Waals surface area (Å²) in [6.07, 6.45) is 8.71. The fourth-order valence-corrected chi connectivity index (χ4v) is 2.49. The highest BCUT2D eigenvalue weighted by Gasteiger charge is 2.07. The third-order valence-corrected chi connectivity index (χ3v) is 3.48. The second-order valence-electron chi connectivity index (χ2n) is 3.78. The monoisotopic (exact) mass is 207 g/mol. The Bertz CT molecular complexity index is 271. The Morgan fingerprint density at radius 1 is 1.29 bits per heavy atom. The van der Waals surface area contributed by atoms with Crippen LogP contribution < -0.4 is 0 Å². The topological polar surface area (TPSA) is 3.24 Å². The van der Waals surface area contributed by atoms with E-state index < -0.39 is 0 Å². The maximum absolute atomic E-state index is 2.54. The largest absolute Gasteiger partial charge is 0.300 e. The molecule has 1 aromatic rings. The summed E-state index contributed by atoms with van der Waals surface area (Å²) in [6, 6.07) is 4.27. The molecule has 2 heteroatoms. The summed E-state index contributed by atoms with van der Waals surface area (Å²) >= 11 is 1.80. The molecule has 0 spiro atoms. The van der Waals surface area contributed by atoms with E-state index in [1.165, 1.54) is 37.2 Å². The smallest absolute Gasteiger partial charge is 0.0267 e. The van der Waals surface area contributed by atoms with Crippen LogP contribution in [0.4, 0.5) is 0 Å². The zero-order valence-electron chi connectivity index (χ0n) is 8.48. The minimum atomic E-state index is 1.12. The summed E-state index contributed by atoms with van der Waals surface area (Å²) < 4.78 is 0. The summed E-state index contributed by atoms with van der Waals surface area (Å²) in [4.78, 5) is 3.90. The lowest BCUT2D eigenvalue weighted by Gasteiger charge is -2.24. The molecule has 76 valence electrons. The van der Waals surface area contributed by atoms with Crippen LogP contribution in [0.1, 0.15) is 24.1 Å². The van der Waals surface area contributed by atoms with Gasteiger partial charge in [-0.1, -0.05) is 18.6 Å². The molecule has 1 fully saturated rings. The molecule has 0 aliphatic carbocycles. The Balaban J connectivity index is 1.76. The maximum atomic E-state index is 2.54. The highest BCUT2D eigenvalue weighted by atomic mass is 32.1. The van der Waals surface area contributed by atoms with E-state index in [0.717, 1.165) is 6.54 Å². The lowest BCUT2D eigenvalue weighted by molar-refractivity contribution is 0.252. The van der Waals surface area contributed by atoms with Gasteiger partial charge in [-0.2, -0.15) is 0 Å². The Morgan fingerprint density at radius 3 is 2.86 bits per heavy atom. The quantitative estimate of drug-likeness (QED) is 0.735. The number of rotatable bonds is 3. The van der Waals surface area contributed by atoms with Crippen molar-refractivity contribution in [2.75, 3.05) is 19.6 Å². The van der Waals surface area contributed by atoms with Crippen LogP contribution in [0.15, 0.2) is 23.6 Å². The Kier molecular flexibility index (Phi) is 3.78. The van der Waals surface area contributed by atoms with E-state index in [-0.39, 0.29) is 0 Å². The van der Waals surface area contributed by atoms with Crippen molar-refractivity contribution in [1.29, 1.82) is 0 Å². The van der Waals surface area contributed by atoms with Gasteiger partial charge in [0, 0.05) is 11.4 Å². The van der Waals surface area contributed by atoms with E-state index in [1.54, 1.807) is 11.3 Å². The van der Waals surface area contributed by atoms with Crippen molar-refractivity contribution in [3.8, 4) is 0 Å². The molecule has 14 heavy (non-hydrogen) atoms. The number of thiophene rings is 1. The minimum absolute atomic E-state index is 1.12. The Labute approximate surface area is 90.1 Å². The fraction of sp³-hybridized carbons (Fsp3) is 0.500. The number of hydrogen-bond donors (Lipinski definition) is 0. The predicted molar refractivity (Wildman–Crippen MR) is 63.6 cm³/mol. The lowest BCUT2D eigenvalue weighted by Crippen LogP contribution is -2.29. The van der Waals surface area contributed by atoms with Gasteiger partial charge in [-0.15, -0.1) is 11.3 Å². The average molecular weight is 207 g/mol. The number of nitrogens with zero attached hydrogens (tertiary/aromatic N) is 1. The average Bonchev–Trinajstić information content (AvgIpc) is 2.72. The van der Waals surface area contributed by atoms with Gasteiger partial charge in [0.15, 0.2) is 0 Å². The van der Waals surface area contributed by atoms with Gasteiger partial charge >= 0.3 is 0 Å². The summed E-state index contributed by atoms with van der Waals surface area (Å²) in [5, 5.41) is 2.13. The molecule has 0 unspecified atom stereocenters. The zero-order valence-corrected chi connectivity index (χ0v) is 9.30. The van der Waals surface area contributed by atoms with Crippen LogP contribution in [0.5, 0.6) is 0 Å². The number of piperidine rings is 1. The van der Waals surface area contributed by atoms with E-state index >= 15 is 0 Å². The van der Waals surface area contributed by atoms with Crippen molar-refractivity contribution >= 4 is 17.4 Å². The van der Waals surface area contributed by atoms with Crippen LogP contribution in [-0.4, -0.2) is 24.5 Å². The minimum Gasteiger partial charge on any atom is -0.300 e. The molecular weight excluding hydrogens is 190 g/mol. The first-order valence-electron chi connectivity index (χ1n) is 5.37. The van der Waals surface area contributed by atoms with Gasteiger partial charge in [-0.3, -0.25) is 4.90 Å². The highest BCUT2D eigenvalue weighted by molar-refractivity contribution is 7.10. The highest BCUT2D eigenvalue weighted by Crippen LogP contribution is 2.11. The zero-order chi connectivity index (χ0) is 9.64. The first kappa shape index (κ1) is 9.94. The molecule has 0 atom stereocenters. The molecular formula is C12H17NS. The lowest BCUT2D eigenvalue weighted by atomic mass is 10.1. The van der Waals surface area contributed by atoms with Crippen molar-refractivity contribution < 1.29 is 0 Å². The summed E-state index contributed by atoms with van der Waals surface area (Å²) in [5.74, 6) is 0. The molecule has 1 aromatic heterocycles. The predicted octanol–water partition coefficient (Wildman–Crippen LogP) is 3.25. The van der Waals surface area contributed by atoms with Crippen LogP contribution in [0, 0.1) is 0 Å². The first-order chi connectivity index (χ1) is 6.95. The molecule has 0 aromatic carbocycles. The van der Waals surface area contributed by atoms with Gasteiger partial charge in [-0.25, -0.2) is 0 Å². The normalized spacial score (nSPS) is 19.1. The van der Waals surface area contributed by atoms with Gasteiger partial charge < -0.3 is 0 Å². The van der Waals surface area contributed by atoms with E-state index in [9.17, 15) is 0 Å². The SMILES string of the molecule is C(=C\c1cccs1)/CN1CCCCC1. The molecule has 0 radical (unpaired) electrons. The Morgan fingerprint density at radius 2 is 2.14 bits per heavy atom. The standard InChI is InChI=1S/C12H17NS/c1-2-8-13(9-3-1)10-4-6-12-7-5-11-14-12/h4-7,11H,1-3,8-10H2/b6-4+. The molecule has 1 saturated heterocycles. The molecule has 1 nitrogen and oxygen atoms in total. The van der Waals surface area contributed by atoms with E-state index in [4.69, 9.17) is 0 Å². The molecule has 1 aliphatic rings. The fourth-order valence-electron chi connectivity index (χ4n) is 1.85. The first-order valence-corrected chi connectivity index (χ1v) is 6.25.